The largest absolute Gasteiger partial charge is 0.378 e. The third kappa shape index (κ3) is 4.23. The topological polar surface area (TPSA) is 50.4 Å². The summed E-state index contributed by atoms with van der Waals surface area (Å²) >= 11 is 0. The molecule has 2 aliphatic rings. The van der Waals surface area contributed by atoms with Crippen LogP contribution in [0.1, 0.15) is 39.5 Å². The van der Waals surface area contributed by atoms with Gasteiger partial charge in [-0.05, 0) is 31.6 Å². The summed E-state index contributed by atoms with van der Waals surface area (Å²) in [6.45, 7) is 5.90. The van der Waals surface area contributed by atoms with Crippen LogP contribution in [0.5, 0.6) is 0 Å². The molecule has 0 spiro atoms. The molecule has 2 N–H and O–H groups in total. The van der Waals surface area contributed by atoms with E-state index in [1.165, 1.54) is 0 Å². The second kappa shape index (κ2) is 6.94. The van der Waals surface area contributed by atoms with Crippen LogP contribution >= 0.6 is 0 Å². The van der Waals surface area contributed by atoms with Crippen molar-refractivity contribution in [1.29, 1.82) is 0 Å². The summed E-state index contributed by atoms with van der Waals surface area (Å²) in [5.74, 6) is 0.970. The third-order valence-corrected chi connectivity index (χ3v) is 4.05. The molecule has 3 atom stereocenters. The van der Waals surface area contributed by atoms with E-state index in [0.717, 1.165) is 38.8 Å². The summed E-state index contributed by atoms with van der Waals surface area (Å²) in [7, 11) is 0. The molecule has 108 valence electrons. The molecule has 0 aromatic carbocycles. The number of allylic oxidation sites excluding steroid dienone is 1. The summed E-state index contributed by atoms with van der Waals surface area (Å²) in [5, 5.41) is 6.05. The van der Waals surface area contributed by atoms with Gasteiger partial charge in [-0.3, -0.25) is 0 Å². The molecule has 4 nitrogen and oxygen atoms in total. The van der Waals surface area contributed by atoms with Crippen LogP contribution in [0, 0.1) is 11.8 Å². The van der Waals surface area contributed by atoms with Crippen molar-refractivity contribution in [3.05, 3.63) is 12.2 Å². The summed E-state index contributed by atoms with van der Waals surface area (Å²) < 4.78 is 5.73. The van der Waals surface area contributed by atoms with Gasteiger partial charge in [0.25, 0.3) is 0 Å². The van der Waals surface area contributed by atoms with E-state index in [2.05, 4.69) is 36.6 Å². The molecule has 2 rings (SSSR count). The van der Waals surface area contributed by atoms with Gasteiger partial charge >= 0.3 is 6.03 Å². The Morgan fingerprint density at radius 1 is 1.37 bits per heavy atom. The number of hydrogen-bond acceptors (Lipinski definition) is 2. The molecule has 19 heavy (non-hydrogen) atoms. The monoisotopic (exact) mass is 266 g/mol. The van der Waals surface area contributed by atoms with Crippen LogP contribution in [0.25, 0.3) is 0 Å². The smallest absolute Gasteiger partial charge is 0.315 e. The maximum atomic E-state index is 11.9. The Morgan fingerprint density at radius 3 is 2.89 bits per heavy atom. The Bertz CT molecular complexity index is 328. The first kappa shape index (κ1) is 14.4. The van der Waals surface area contributed by atoms with Crippen LogP contribution in [-0.2, 0) is 4.74 Å². The fourth-order valence-electron chi connectivity index (χ4n) is 3.00. The standard InChI is InChI=1S/C15H26N2O2/c1-11(2)14-12(8-9-19-14)10-16-15(18)17-13-6-4-3-5-7-13/h3-4,11-14H,5-10H2,1-2H3,(H2,16,17,18)/t12-,13?,14-/m1/s1. The lowest BCUT2D eigenvalue weighted by Gasteiger charge is -2.24. The minimum atomic E-state index is -0.0327. The Morgan fingerprint density at radius 2 is 2.21 bits per heavy atom. The van der Waals surface area contributed by atoms with Gasteiger partial charge in [-0.2, -0.15) is 0 Å². The molecule has 4 heteroatoms. The van der Waals surface area contributed by atoms with E-state index >= 15 is 0 Å². The fraction of sp³-hybridized carbons (Fsp3) is 0.800. The lowest BCUT2D eigenvalue weighted by atomic mass is 9.93. The van der Waals surface area contributed by atoms with E-state index in [9.17, 15) is 4.79 Å². The van der Waals surface area contributed by atoms with Gasteiger partial charge in [0.1, 0.15) is 0 Å². The van der Waals surface area contributed by atoms with E-state index < -0.39 is 0 Å². The van der Waals surface area contributed by atoms with Crippen LogP contribution in [0.4, 0.5) is 4.79 Å². The second-order valence-corrected chi connectivity index (χ2v) is 5.96. The van der Waals surface area contributed by atoms with E-state index in [-0.39, 0.29) is 12.1 Å². The maximum Gasteiger partial charge on any atom is 0.315 e. The van der Waals surface area contributed by atoms with Crippen molar-refractivity contribution in [1.82, 2.24) is 10.6 Å². The number of ether oxygens (including phenoxy) is 1. The zero-order valence-electron chi connectivity index (χ0n) is 12.0. The van der Waals surface area contributed by atoms with Crippen molar-refractivity contribution < 1.29 is 9.53 Å². The summed E-state index contributed by atoms with van der Waals surface area (Å²) in [6.07, 6.45) is 8.73. The number of amides is 2. The number of nitrogens with one attached hydrogen (secondary N) is 2. The van der Waals surface area contributed by atoms with E-state index in [0.29, 0.717) is 17.9 Å². The number of rotatable bonds is 4. The first-order chi connectivity index (χ1) is 9.16. The molecular formula is C15H26N2O2. The number of carbonyl (C=O) groups excluding carboxylic acids is 1. The molecule has 0 aromatic rings. The van der Waals surface area contributed by atoms with Crippen molar-refractivity contribution in [2.45, 2.75) is 51.7 Å². The minimum absolute atomic E-state index is 0.0327. The Labute approximate surface area is 116 Å². The average Bonchev–Trinajstić information content (AvgIpc) is 2.86. The molecule has 0 aromatic heterocycles. The van der Waals surface area contributed by atoms with Crippen molar-refractivity contribution >= 4 is 6.03 Å². The van der Waals surface area contributed by atoms with Gasteiger partial charge < -0.3 is 15.4 Å². The number of urea groups is 1. The predicted molar refractivity (Wildman–Crippen MR) is 76.0 cm³/mol. The first-order valence-electron chi connectivity index (χ1n) is 7.47. The zero-order valence-corrected chi connectivity index (χ0v) is 12.0. The van der Waals surface area contributed by atoms with Gasteiger partial charge in [0.2, 0.25) is 0 Å². The van der Waals surface area contributed by atoms with Gasteiger partial charge in [0, 0.05) is 25.1 Å². The molecule has 0 saturated carbocycles. The van der Waals surface area contributed by atoms with Gasteiger partial charge in [-0.1, -0.05) is 26.0 Å². The van der Waals surface area contributed by atoms with Gasteiger partial charge in [-0.25, -0.2) is 4.79 Å². The molecule has 1 aliphatic carbocycles. The molecular weight excluding hydrogens is 240 g/mol. The molecule has 0 bridgehead atoms. The highest BCUT2D eigenvalue weighted by Gasteiger charge is 2.30. The summed E-state index contributed by atoms with van der Waals surface area (Å²) in [6, 6.07) is 0.264. The van der Waals surface area contributed by atoms with Crippen molar-refractivity contribution in [3.63, 3.8) is 0 Å². The molecule has 1 aliphatic heterocycles. The SMILES string of the molecule is CC(C)[C@H]1OCC[C@@H]1CNC(=O)NC1CC=CCC1. The lowest BCUT2D eigenvalue weighted by molar-refractivity contribution is 0.0545. The van der Waals surface area contributed by atoms with Crippen molar-refractivity contribution in [2.24, 2.45) is 11.8 Å². The van der Waals surface area contributed by atoms with Gasteiger partial charge in [0.15, 0.2) is 0 Å². The quantitative estimate of drug-likeness (QED) is 0.768. The average molecular weight is 266 g/mol. The number of carbonyl (C=O) groups is 1. The van der Waals surface area contributed by atoms with Gasteiger partial charge in [-0.15, -0.1) is 0 Å². The van der Waals surface area contributed by atoms with Crippen LogP contribution in [0.15, 0.2) is 12.2 Å². The highest BCUT2D eigenvalue weighted by Crippen LogP contribution is 2.26. The highest BCUT2D eigenvalue weighted by molar-refractivity contribution is 5.74. The zero-order chi connectivity index (χ0) is 13.7. The van der Waals surface area contributed by atoms with E-state index in [4.69, 9.17) is 4.74 Å². The molecule has 1 saturated heterocycles. The minimum Gasteiger partial charge on any atom is -0.378 e. The number of hydrogen-bond donors (Lipinski definition) is 2. The van der Waals surface area contributed by atoms with E-state index in [1.54, 1.807) is 0 Å². The second-order valence-electron chi connectivity index (χ2n) is 5.96. The molecule has 1 heterocycles. The Balaban J connectivity index is 1.69. The van der Waals surface area contributed by atoms with E-state index in [1.807, 2.05) is 0 Å². The maximum absolute atomic E-state index is 11.9. The highest BCUT2D eigenvalue weighted by atomic mass is 16.5. The Kier molecular flexibility index (Phi) is 5.25. The predicted octanol–water partition coefficient (Wildman–Crippen LogP) is 2.46. The van der Waals surface area contributed by atoms with Crippen LogP contribution in [0.2, 0.25) is 0 Å². The molecule has 1 unspecified atom stereocenters. The summed E-state index contributed by atoms with van der Waals surface area (Å²) in [5.41, 5.74) is 0. The van der Waals surface area contributed by atoms with Crippen LogP contribution in [-0.4, -0.2) is 31.3 Å². The van der Waals surface area contributed by atoms with Crippen molar-refractivity contribution in [2.75, 3.05) is 13.2 Å². The normalized spacial score (nSPS) is 30.6. The molecule has 0 radical (unpaired) electrons. The van der Waals surface area contributed by atoms with Crippen LogP contribution in [0.3, 0.4) is 0 Å². The third-order valence-electron chi connectivity index (χ3n) is 4.05. The van der Waals surface area contributed by atoms with Gasteiger partial charge in [0.05, 0.1) is 6.10 Å². The van der Waals surface area contributed by atoms with Crippen LogP contribution < -0.4 is 10.6 Å². The van der Waals surface area contributed by atoms with Crippen molar-refractivity contribution in [3.8, 4) is 0 Å². The fourth-order valence-corrected chi connectivity index (χ4v) is 3.00. The molecule has 1 fully saturated rings. The Hall–Kier alpha value is -1.03. The molecule has 2 amide bonds. The lowest BCUT2D eigenvalue weighted by Crippen LogP contribution is -2.45. The first-order valence-corrected chi connectivity index (χ1v) is 7.47. The summed E-state index contributed by atoms with van der Waals surface area (Å²) in [4.78, 5) is 11.9.